The molecule has 0 saturated heterocycles. The number of carbonyl (C=O) groups is 2. The predicted octanol–water partition coefficient (Wildman–Crippen LogP) is 2.30. The first-order valence-electron chi connectivity index (χ1n) is 8.04. The fraction of sp³-hybridized carbons (Fsp3) is 0.389. The molecule has 0 aliphatic heterocycles. The fourth-order valence-electron chi connectivity index (χ4n) is 2.21. The van der Waals surface area contributed by atoms with Crippen LogP contribution in [0.3, 0.4) is 0 Å². The normalized spacial score (nSPS) is 12.3. The molecule has 2 rings (SSSR count). The molecule has 0 saturated carbocycles. The van der Waals surface area contributed by atoms with Crippen LogP contribution >= 0.6 is 0 Å². The highest BCUT2D eigenvalue weighted by Crippen LogP contribution is 2.15. The number of alkyl carbamates (subject to hydrolysis) is 1. The van der Waals surface area contributed by atoms with Crippen LogP contribution < -0.4 is 10.6 Å². The molecule has 0 radical (unpaired) electrons. The largest absolute Gasteiger partial charge is 0.444 e. The molecule has 1 aromatic heterocycles. The van der Waals surface area contributed by atoms with Gasteiger partial charge >= 0.3 is 6.09 Å². The van der Waals surface area contributed by atoms with Crippen molar-refractivity contribution in [3.63, 3.8) is 0 Å². The summed E-state index contributed by atoms with van der Waals surface area (Å²) in [6.07, 6.45) is 2.82. The van der Waals surface area contributed by atoms with Crippen LogP contribution in [0.4, 0.5) is 4.79 Å². The lowest BCUT2D eigenvalue weighted by Crippen LogP contribution is -2.42. The quantitative estimate of drug-likeness (QED) is 0.871. The van der Waals surface area contributed by atoms with Gasteiger partial charge in [0.1, 0.15) is 17.5 Å². The molecule has 7 nitrogen and oxygen atoms in total. The van der Waals surface area contributed by atoms with Gasteiger partial charge in [-0.05, 0) is 26.3 Å². The molecule has 0 bridgehead atoms. The summed E-state index contributed by atoms with van der Waals surface area (Å²) in [6, 6.07) is 8.18. The van der Waals surface area contributed by atoms with Gasteiger partial charge in [0.2, 0.25) is 5.91 Å². The molecular weight excluding hydrogens is 320 g/mol. The smallest absolute Gasteiger partial charge is 0.408 e. The van der Waals surface area contributed by atoms with Gasteiger partial charge in [-0.25, -0.2) is 9.78 Å². The van der Waals surface area contributed by atoms with E-state index in [1.807, 2.05) is 29.8 Å². The maximum atomic E-state index is 12.6. The molecule has 0 aliphatic carbocycles. The van der Waals surface area contributed by atoms with Gasteiger partial charge in [0.25, 0.3) is 0 Å². The molecule has 1 heterocycles. The average Bonchev–Trinajstić information content (AvgIpc) is 2.94. The Morgan fingerprint density at radius 1 is 1.24 bits per heavy atom. The van der Waals surface area contributed by atoms with E-state index >= 15 is 0 Å². The highest BCUT2D eigenvalue weighted by molar-refractivity contribution is 5.86. The third kappa shape index (κ3) is 5.63. The molecule has 7 heteroatoms. The van der Waals surface area contributed by atoms with Gasteiger partial charge in [-0.2, -0.15) is 0 Å². The Morgan fingerprint density at radius 3 is 2.48 bits per heavy atom. The second-order valence-corrected chi connectivity index (χ2v) is 6.66. The van der Waals surface area contributed by atoms with Crippen LogP contribution in [-0.2, 0) is 23.1 Å². The molecule has 0 unspecified atom stereocenters. The number of nitrogens with one attached hydrogen (secondary N) is 2. The number of hydrogen-bond acceptors (Lipinski definition) is 4. The van der Waals surface area contributed by atoms with Gasteiger partial charge in [0.05, 0.1) is 6.54 Å². The summed E-state index contributed by atoms with van der Waals surface area (Å²) in [6.45, 7) is 5.57. The molecule has 2 aromatic rings. The second-order valence-electron chi connectivity index (χ2n) is 6.66. The number of benzene rings is 1. The van der Waals surface area contributed by atoms with Crippen LogP contribution in [0.5, 0.6) is 0 Å². The minimum absolute atomic E-state index is 0.266. The molecule has 1 atom stereocenters. The average molecular weight is 344 g/mol. The Labute approximate surface area is 147 Å². The predicted molar refractivity (Wildman–Crippen MR) is 93.6 cm³/mol. The number of rotatable bonds is 5. The summed E-state index contributed by atoms with van der Waals surface area (Å²) in [5, 5.41) is 5.43. The maximum absolute atomic E-state index is 12.6. The summed E-state index contributed by atoms with van der Waals surface area (Å²) in [7, 11) is 1.85. The first kappa shape index (κ1) is 18.5. The third-order valence-electron chi connectivity index (χ3n) is 3.40. The molecule has 134 valence electrons. The lowest BCUT2D eigenvalue weighted by Gasteiger charge is -2.23. The number of aromatic nitrogens is 2. The summed E-state index contributed by atoms with van der Waals surface area (Å²) in [5.74, 6) is 0.387. The van der Waals surface area contributed by atoms with Crippen molar-refractivity contribution in [2.75, 3.05) is 0 Å². The number of hydrogen-bond donors (Lipinski definition) is 2. The van der Waals surface area contributed by atoms with E-state index in [4.69, 9.17) is 4.74 Å². The highest BCUT2D eigenvalue weighted by Gasteiger charge is 2.25. The highest BCUT2D eigenvalue weighted by atomic mass is 16.6. The van der Waals surface area contributed by atoms with Crippen molar-refractivity contribution in [2.24, 2.45) is 7.05 Å². The van der Waals surface area contributed by atoms with Crippen LogP contribution in [0.2, 0.25) is 0 Å². The van der Waals surface area contributed by atoms with Crippen molar-refractivity contribution in [3.05, 3.63) is 54.1 Å². The number of carbonyl (C=O) groups excluding carboxylic acids is 2. The first-order chi connectivity index (χ1) is 11.8. The van der Waals surface area contributed by atoms with Crippen molar-refractivity contribution < 1.29 is 14.3 Å². The Bertz CT molecular complexity index is 719. The molecule has 2 amide bonds. The molecule has 0 fully saturated rings. The number of aryl methyl sites for hydroxylation is 1. The number of imidazole rings is 1. The van der Waals surface area contributed by atoms with Crippen LogP contribution in [-0.4, -0.2) is 27.2 Å². The zero-order valence-corrected chi connectivity index (χ0v) is 14.9. The molecule has 0 spiro atoms. The van der Waals surface area contributed by atoms with Gasteiger partial charge in [-0.1, -0.05) is 30.3 Å². The Balaban J connectivity index is 2.10. The third-order valence-corrected chi connectivity index (χ3v) is 3.40. The monoisotopic (exact) mass is 344 g/mol. The van der Waals surface area contributed by atoms with E-state index in [1.165, 1.54) is 0 Å². The lowest BCUT2D eigenvalue weighted by molar-refractivity contribution is -0.123. The van der Waals surface area contributed by atoms with E-state index in [0.29, 0.717) is 5.56 Å². The standard InChI is InChI=1S/C18H24N4O3/c1-18(2,3)25-17(24)21-15(13-8-6-5-7-9-13)16(23)20-12-14-19-10-11-22(14)4/h5-11,15H,12H2,1-4H3,(H,20,23)(H,21,24)/t15-/m0/s1. The van der Waals surface area contributed by atoms with Gasteiger partial charge in [0.15, 0.2) is 0 Å². The van der Waals surface area contributed by atoms with Crippen molar-refractivity contribution >= 4 is 12.0 Å². The summed E-state index contributed by atoms with van der Waals surface area (Å²) < 4.78 is 7.08. The summed E-state index contributed by atoms with van der Waals surface area (Å²) in [4.78, 5) is 28.9. The molecule has 0 aliphatic rings. The van der Waals surface area contributed by atoms with Crippen molar-refractivity contribution in [2.45, 2.75) is 39.0 Å². The van der Waals surface area contributed by atoms with Crippen LogP contribution in [0, 0.1) is 0 Å². The fourth-order valence-corrected chi connectivity index (χ4v) is 2.21. The van der Waals surface area contributed by atoms with Crippen molar-refractivity contribution in [1.82, 2.24) is 20.2 Å². The molecular formula is C18H24N4O3. The summed E-state index contributed by atoms with van der Waals surface area (Å²) >= 11 is 0. The summed E-state index contributed by atoms with van der Waals surface area (Å²) in [5.41, 5.74) is 0.0279. The van der Waals surface area contributed by atoms with Gasteiger partial charge in [0, 0.05) is 19.4 Å². The van der Waals surface area contributed by atoms with E-state index in [9.17, 15) is 9.59 Å². The van der Waals surface area contributed by atoms with E-state index < -0.39 is 17.7 Å². The minimum Gasteiger partial charge on any atom is -0.444 e. The van der Waals surface area contributed by atoms with E-state index in [1.54, 1.807) is 45.3 Å². The van der Waals surface area contributed by atoms with Crippen LogP contribution in [0.1, 0.15) is 38.2 Å². The lowest BCUT2D eigenvalue weighted by atomic mass is 10.1. The van der Waals surface area contributed by atoms with Gasteiger partial charge in [-0.15, -0.1) is 0 Å². The zero-order valence-electron chi connectivity index (χ0n) is 14.9. The molecule has 1 aromatic carbocycles. The SMILES string of the molecule is Cn1ccnc1CNC(=O)[C@@H](NC(=O)OC(C)(C)C)c1ccccc1. The molecule has 25 heavy (non-hydrogen) atoms. The topological polar surface area (TPSA) is 85.3 Å². The van der Waals surface area contributed by atoms with Crippen molar-refractivity contribution in [3.8, 4) is 0 Å². The Hall–Kier alpha value is -2.83. The van der Waals surface area contributed by atoms with Gasteiger partial charge in [-0.3, -0.25) is 4.79 Å². The Morgan fingerprint density at radius 2 is 1.92 bits per heavy atom. The number of amides is 2. The minimum atomic E-state index is -0.851. The number of nitrogens with zero attached hydrogens (tertiary/aromatic N) is 2. The van der Waals surface area contributed by atoms with E-state index in [-0.39, 0.29) is 12.5 Å². The van der Waals surface area contributed by atoms with Crippen molar-refractivity contribution in [1.29, 1.82) is 0 Å². The maximum Gasteiger partial charge on any atom is 0.408 e. The van der Waals surface area contributed by atoms with E-state index in [2.05, 4.69) is 15.6 Å². The number of ether oxygens (including phenoxy) is 1. The molecule has 2 N–H and O–H groups in total. The van der Waals surface area contributed by atoms with E-state index in [0.717, 1.165) is 5.82 Å². The van der Waals surface area contributed by atoms with Crippen LogP contribution in [0.15, 0.2) is 42.7 Å². The van der Waals surface area contributed by atoms with Crippen LogP contribution in [0.25, 0.3) is 0 Å². The van der Waals surface area contributed by atoms with Gasteiger partial charge < -0.3 is 19.9 Å². The second kappa shape index (κ2) is 7.83. The Kier molecular flexibility index (Phi) is 5.80. The first-order valence-corrected chi connectivity index (χ1v) is 8.04. The zero-order chi connectivity index (χ0) is 18.4.